The predicted octanol–water partition coefficient (Wildman–Crippen LogP) is 3.65. The minimum atomic E-state index is 0.165. The van der Waals surface area contributed by atoms with Crippen LogP contribution in [0.3, 0.4) is 0 Å². The van der Waals surface area contributed by atoms with Crippen molar-refractivity contribution in [1.29, 1.82) is 5.26 Å². The van der Waals surface area contributed by atoms with E-state index in [1.165, 1.54) is 0 Å². The minimum absolute atomic E-state index is 0.165. The molecule has 0 radical (unpaired) electrons. The van der Waals surface area contributed by atoms with Crippen LogP contribution in [0.2, 0.25) is 5.02 Å². The topological polar surface area (TPSA) is 69.0 Å². The Labute approximate surface area is 139 Å². The Morgan fingerprint density at radius 3 is 2.91 bits per heavy atom. The summed E-state index contributed by atoms with van der Waals surface area (Å²) in [6.45, 7) is 2.64. The third-order valence-corrected chi connectivity index (χ3v) is 4.13. The standard InChI is InChI=1S/C17H15ClN4O/c1-2-22-15-6-4-12(9-11(15)3-8-17(22)23)20-16-7-5-13(18)14(10-19)21-16/h4-7,9H,2-3,8H2,1H3,(H,20,21). The molecule has 6 heteroatoms. The quantitative estimate of drug-likeness (QED) is 0.934. The van der Waals surface area contributed by atoms with Crippen molar-refractivity contribution in [1.82, 2.24) is 4.98 Å². The average Bonchev–Trinajstić information content (AvgIpc) is 2.56. The maximum atomic E-state index is 11.9. The first kappa shape index (κ1) is 15.3. The van der Waals surface area contributed by atoms with Crippen molar-refractivity contribution in [3.8, 4) is 6.07 Å². The molecule has 3 rings (SSSR count). The summed E-state index contributed by atoms with van der Waals surface area (Å²) in [5.41, 5.74) is 3.16. The number of fused-ring (bicyclic) bond motifs is 1. The van der Waals surface area contributed by atoms with Gasteiger partial charge >= 0.3 is 0 Å². The number of pyridine rings is 1. The zero-order chi connectivity index (χ0) is 16.4. The number of hydrogen-bond acceptors (Lipinski definition) is 4. The maximum absolute atomic E-state index is 11.9. The minimum Gasteiger partial charge on any atom is -0.340 e. The zero-order valence-corrected chi connectivity index (χ0v) is 13.4. The number of rotatable bonds is 3. The lowest BCUT2D eigenvalue weighted by Crippen LogP contribution is -2.34. The zero-order valence-electron chi connectivity index (χ0n) is 12.6. The van der Waals surface area contributed by atoms with Crippen LogP contribution in [0.1, 0.15) is 24.6 Å². The van der Waals surface area contributed by atoms with Crippen molar-refractivity contribution in [3.63, 3.8) is 0 Å². The summed E-state index contributed by atoms with van der Waals surface area (Å²) in [6, 6.07) is 11.2. The molecule has 1 aromatic heterocycles. The lowest BCUT2D eigenvalue weighted by molar-refractivity contribution is -0.118. The van der Waals surface area contributed by atoms with E-state index in [0.717, 1.165) is 23.4 Å². The number of aromatic nitrogens is 1. The Bertz CT molecular complexity index is 813. The van der Waals surface area contributed by atoms with Gasteiger partial charge in [0.05, 0.1) is 5.02 Å². The number of halogens is 1. The van der Waals surface area contributed by atoms with Crippen molar-refractivity contribution in [2.45, 2.75) is 19.8 Å². The highest BCUT2D eigenvalue weighted by Gasteiger charge is 2.22. The summed E-state index contributed by atoms with van der Waals surface area (Å²) in [7, 11) is 0. The highest BCUT2D eigenvalue weighted by molar-refractivity contribution is 6.31. The molecule has 0 spiro atoms. The van der Waals surface area contributed by atoms with E-state index < -0.39 is 0 Å². The van der Waals surface area contributed by atoms with E-state index >= 15 is 0 Å². The molecule has 1 aliphatic rings. The molecule has 0 saturated carbocycles. The Hall–Kier alpha value is -2.58. The summed E-state index contributed by atoms with van der Waals surface area (Å²) < 4.78 is 0. The molecule has 0 unspecified atom stereocenters. The molecule has 2 aromatic rings. The van der Waals surface area contributed by atoms with E-state index in [4.69, 9.17) is 16.9 Å². The maximum Gasteiger partial charge on any atom is 0.227 e. The number of carbonyl (C=O) groups is 1. The fraction of sp³-hybridized carbons (Fsp3) is 0.235. The van der Waals surface area contributed by atoms with Gasteiger partial charge in [-0.3, -0.25) is 4.79 Å². The van der Waals surface area contributed by atoms with Gasteiger partial charge in [0, 0.05) is 24.3 Å². The fourth-order valence-corrected chi connectivity index (χ4v) is 2.87. The van der Waals surface area contributed by atoms with Crippen LogP contribution in [0.5, 0.6) is 0 Å². The van der Waals surface area contributed by atoms with Crippen molar-refractivity contribution in [2.24, 2.45) is 0 Å². The van der Waals surface area contributed by atoms with Crippen LogP contribution in [0.25, 0.3) is 0 Å². The molecule has 116 valence electrons. The van der Waals surface area contributed by atoms with Gasteiger partial charge in [-0.2, -0.15) is 5.26 Å². The molecule has 0 atom stereocenters. The second-order valence-electron chi connectivity index (χ2n) is 5.25. The van der Waals surface area contributed by atoms with Gasteiger partial charge in [0.2, 0.25) is 5.91 Å². The fourth-order valence-electron chi connectivity index (χ4n) is 2.72. The van der Waals surface area contributed by atoms with Crippen LogP contribution in [0.4, 0.5) is 17.2 Å². The predicted molar refractivity (Wildman–Crippen MR) is 90.0 cm³/mol. The van der Waals surface area contributed by atoms with E-state index in [-0.39, 0.29) is 11.6 Å². The van der Waals surface area contributed by atoms with Crippen molar-refractivity contribution < 1.29 is 4.79 Å². The largest absolute Gasteiger partial charge is 0.340 e. The molecule has 1 aromatic carbocycles. The average molecular weight is 327 g/mol. The number of amides is 1. The second-order valence-corrected chi connectivity index (χ2v) is 5.65. The number of aryl methyl sites for hydroxylation is 1. The van der Waals surface area contributed by atoms with Crippen LogP contribution in [0.15, 0.2) is 30.3 Å². The number of carbonyl (C=O) groups excluding carboxylic acids is 1. The molecule has 1 N–H and O–H groups in total. The van der Waals surface area contributed by atoms with Crippen LogP contribution < -0.4 is 10.2 Å². The lowest BCUT2D eigenvalue weighted by Gasteiger charge is -2.28. The summed E-state index contributed by atoms with van der Waals surface area (Å²) in [5.74, 6) is 0.726. The molecule has 2 heterocycles. The first-order chi connectivity index (χ1) is 11.1. The molecule has 5 nitrogen and oxygen atoms in total. The van der Waals surface area contributed by atoms with Gasteiger partial charge in [0.1, 0.15) is 11.9 Å². The van der Waals surface area contributed by atoms with E-state index in [1.807, 2.05) is 31.2 Å². The summed E-state index contributed by atoms with van der Waals surface area (Å²) in [4.78, 5) is 17.9. The summed E-state index contributed by atoms with van der Waals surface area (Å²) >= 11 is 5.89. The molecule has 0 bridgehead atoms. The van der Waals surface area contributed by atoms with E-state index in [1.54, 1.807) is 17.0 Å². The second kappa shape index (κ2) is 6.27. The molecular weight excluding hydrogens is 312 g/mol. The Balaban J connectivity index is 1.88. The number of nitrogens with zero attached hydrogens (tertiary/aromatic N) is 3. The van der Waals surface area contributed by atoms with E-state index in [0.29, 0.717) is 23.8 Å². The summed E-state index contributed by atoms with van der Waals surface area (Å²) in [5, 5.41) is 12.5. The highest BCUT2D eigenvalue weighted by atomic mass is 35.5. The van der Waals surface area contributed by atoms with Crippen molar-refractivity contribution in [3.05, 3.63) is 46.6 Å². The third kappa shape index (κ3) is 2.99. The van der Waals surface area contributed by atoms with Gasteiger partial charge in [0.15, 0.2) is 5.69 Å². The van der Waals surface area contributed by atoms with Gasteiger partial charge < -0.3 is 10.2 Å². The van der Waals surface area contributed by atoms with Crippen molar-refractivity contribution in [2.75, 3.05) is 16.8 Å². The highest BCUT2D eigenvalue weighted by Crippen LogP contribution is 2.31. The first-order valence-electron chi connectivity index (χ1n) is 7.39. The third-order valence-electron chi connectivity index (χ3n) is 3.82. The van der Waals surface area contributed by atoms with Gasteiger partial charge in [0.25, 0.3) is 0 Å². The Kier molecular flexibility index (Phi) is 4.18. The normalized spacial score (nSPS) is 13.4. The Morgan fingerprint density at radius 2 is 2.17 bits per heavy atom. The molecule has 0 saturated heterocycles. The number of hydrogen-bond donors (Lipinski definition) is 1. The molecular formula is C17H15ClN4O. The smallest absolute Gasteiger partial charge is 0.227 e. The van der Waals surface area contributed by atoms with E-state index in [2.05, 4.69) is 10.3 Å². The van der Waals surface area contributed by atoms with Crippen LogP contribution >= 0.6 is 11.6 Å². The molecule has 0 fully saturated rings. The molecule has 1 aliphatic heterocycles. The van der Waals surface area contributed by atoms with Crippen LogP contribution in [0, 0.1) is 11.3 Å². The number of nitrogens with one attached hydrogen (secondary N) is 1. The first-order valence-corrected chi connectivity index (χ1v) is 7.77. The van der Waals surface area contributed by atoms with Gasteiger partial charge in [-0.25, -0.2) is 4.98 Å². The van der Waals surface area contributed by atoms with Crippen molar-refractivity contribution >= 4 is 34.7 Å². The number of anilines is 3. The van der Waals surface area contributed by atoms with Gasteiger partial charge in [-0.15, -0.1) is 0 Å². The number of nitriles is 1. The van der Waals surface area contributed by atoms with Crippen LogP contribution in [-0.2, 0) is 11.2 Å². The molecule has 1 amide bonds. The van der Waals surface area contributed by atoms with Gasteiger partial charge in [-0.05, 0) is 49.2 Å². The summed E-state index contributed by atoms with van der Waals surface area (Å²) in [6.07, 6.45) is 1.26. The monoisotopic (exact) mass is 326 g/mol. The number of benzene rings is 1. The van der Waals surface area contributed by atoms with E-state index in [9.17, 15) is 4.79 Å². The SMILES string of the molecule is CCN1C(=O)CCc2cc(Nc3ccc(Cl)c(C#N)n3)ccc21. The van der Waals surface area contributed by atoms with Crippen LogP contribution in [-0.4, -0.2) is 17.4 Å². The Morgan fingerprint density at radius 1 is 1.35 bits per heavy atom. The molecule has 0 aliphatic carbocycles. The lowest BCUT2D eigenvalue weighted by atomic mass is 10.0. The van der Waals surface area contributed by atoms with Gasteiger partial charge in [-0.1, -0.05) is 11.6 Å². The molecule has 23 heavy (non-hydrogen) atoms.